The third kappa shape index (κ3) is 6.79. The van der Waals surface area contributed by atoms with Crippen molar-refractivity contribution in [3.8, 4) is 11.6 Å². The van der Waals surface area contributed by atoms with Gasteiger partial charge in [-0.1, -0.05) is 47.5 Å². The second kappa shape index (κ2) is 12.9. The van der Waals surface area contributed by atoms with Crippen molar-refractivity contribution in [3.05, 3.63) is 23.9 Å². The summed E-state index contributed by atoms with van der Waals surface area (Å²) in [5, 5.41) is 2.90. The van der Waals surface area contributed by atoms with Crippen LogP contribution in [0.15, 0.2) is 18.2 Å². The molecule has 1 N–H and O–H groups in total. The molecule has 0 radical (unpaired) electrons. The van der Waals surface area contributed by atoms with Crippen LogP contribution in [0.5, 0.6) is 11.6 Å². The number of aromatic nitrogens is 2. The van der Waals surface area contributed by atoms with E-state index in [0.29, 0.717) is 29.5 Å². The number of hydrogen-bond acceptors (Lipinski definition) is 8. The van der Waals surface area contributed by atoms with E-state index in [1.807, 2.05) is 45.9 Å². The zero-order valence-electron chi connectivity index (χ0n) is 27.2. The number of ketones is 1. The van der Waals surface area contributed by atoms with Crippen LogP contribution in [0.25, 0.3) is 11.0 Å². The molecule has 1 saturated heterocycles. The van der Waals surface area contributed by atoms with Crippen LogP contribution in [0.3, 0.4) is 0 Å². The number of aryl methyl sites for hydroxylation is 1. The number of methoxy groups -OCH3 is 1. The number of benzene rings is 1. The zero-order valence-corrected chi connectivity index (χ0v) is 27.2. The van der Waals surface area contributed by atoms with E-state index in [1.54, 1.807) is 12.0 Å². The lowest BCUT2D eigenvalue weighted by molar-refractivity contribution is -0.141. The summed E-state index contributed by atoms with van der Waals surface area (Å²) < 4.78 is 18.0. The number of hydrogen-bond donors (Lipinski definition) is 1. The SMILES string of the molecule is COc1ccc2nc3c(nc2c1)O[C@H]1CN(C(=O)[C@H](C(C)(C)C)NC(=O)O[C@@H]2C[C@H](C)C[C@H]2CCCCC3)[C@H](C(C)=O)[C@@H]1C. The molecular weight excluding hydrogens is 560 g/mol. The van der Waals surface area contributed by atoms with E-state index in [4.69, 9.17) is 24.2 Å². The Morgan fingerprint density at radius 3 is 2.50 bits per heavy atom. The van der Waals surface area contributed by atoms with Crippen LogP contribution in [0.2, 0.25) is 0 Å². The van der Waals surface area contributed by atoms with Gasteiger partial charge in [0.1, 0.15) is 29.7 Å². The van der Waals surface area contributed by atoms with E-state index in [9.17, 15) is 14.4 Å². The van der Waals surface area contributed by atoms with Gasteiger partial charge in [0.25, 0.3) is 0 Å². The van der Waals surface area contributed by atoms with Crippen molar-refractivity contribution >= 4 is 28.8 Å². The highest BCUT2D eigenvalue weighted by Gasteiger charge is 2.49. The van der Waals surface area contributed by atoms with E-state index < -0.39 is 29.7 Å². The molecule has 1 saturated carbocycles. The molecule has 2 aromatic rings. The van der Waals surface area contributed by atoms with E-state index in [1.165, 1.54) is 6.92 Å². The quantitative estimate of drug-likeness (QED) is 0.475. The molecule has 5 rings (SSSR count). The summed E-state index contributed by atoms with van der Waals surface area (Å²) in [6.45, 7) is 11.5. The number of carbonyl (C=O) groups is 3. The molecule has 3 heterocycles. The fourth-order valence-electron chi connectivity index (χ4n) is 7.29. The van der Waals surface area contributed by atoms with Crippen LogP contribution in [0, 0.1) is 23.2 Å². The number of Topliss-reactive ketones (excluding diaryl/α,β-unsaturated/α-hetero) is 1. The zero-order chi connectivity index (χ0) is 31.8. The van der Waals surface area contributed by atoms with Crippen LogP contribution in [0.1, 0.15) is 85.8 Å². The summed E-state index contributed by atoms with van der Waals surface area (Å²) in [6.07, 6.45) is 5.21. The van der Waals surface area contributed by atoms with Gasteiger partial charge in [-0.2, -0.15) is 0 Å². The predicted octanol–water partition coefficient (Wildman–Crippen LogP) is 5.49. The first-order valence-electron chi connectivity index (χ1n) is 16.1. The molecule has 0 unspecified atom stereocenters. The van der Waals surface area contributed by atoms with Gasteiger partial charge in [0.05, 0.1) is 30.7 Å². The molecule has 44 heavy (non-hydrogen) atoms. The predicted molar refractivity (Wildman–Crippen MR) is 167 cm³/mol. The maximum absolute atomic E-state index is 14.2. The number of amides is 2. The number of ether oxygens (including phenoxy) is 3. The molecule has 2 amide bonds. The fourth-order valence-corrected chi connectivity index (χ4v) is 7.29. The van der Waals surface area contributed by atoms with Crippen molar-refractivity contribution in [1.29, 1.82) is 0 Å². The van der Waals surface area contributed by atoms with Gasteiger partial charge in [-0.25, -0.2) is 14.8 Å². The average Bonchev–Trinajstić information content (AvgIpc) is 3.47. The Balaban J connectivity index is 1.52. The normalized spacial score (nSPS) is 30.3. The summed E-state index contributed by atoms with van der Waals surface area (Å²) in [7, 11) is 1.61. The van der Waals surface area contributed by atoms with Crippen molar-refractivity contribution in [2.24, 2.45) is 23.2 Å². The van der Waals surface area contributed by atoms with E-state index in [2.05, 4.69) is 12.2 Å². The second-order valence-corrected chi connectivity index (χ2v) is 14.2. The Bertz CT molecular complexity index is 1390. The number of fused-ring (bicyclic) bond motifs is 5. The van der Waals surface area contributed by atoms with Crippen molar-refractivity contribution in [2.75, 3.05) is 13.7 Å². The first-order valence-corrected chi connectivity index (χ1v) is 16.1. The van der Waals surface area contributed by atoms with Crippen LogP contribution >= 0.6 is 0 Å². The van der Waals surface area contributed by atoms with Gasteiger partial charge in [-0.05, 0) is 68.4 Å². The van der Waals surface area contributed by atoms with Crippen LogP contribution in [-0.2, 0) is 20.7 Å². The smallest absolute Gasteiger partial charge is 0.408 e. The minimum atomic E-state index is -0.887. The molecule has 7 atom stereocenters. The van der Waals surface area contributed by atoms with Gasteiger partial charge in [0.15, 0.2) is 5.78 Å². The minimum absolute atomic E-state index is 0.129. The first-order chi connectivity index (χ1) is 20.8. The van der Waals surface area contributed by atoms with Crippen molar-refractivity contribution in [2.45, 2.75) is 111 Å². The first kappa shape index (κ1) is 32.0. The molecule has 3 aliphatic rings. The number of alkyl carbamates (subject to hydrolysis) is 1. The third-order valence-corrected chi connectivity index (χ3v) is 9.65. The Labute approximate surface area is 260 Å². The van der Waals surface area contributed by atoms with Gasteiger partial charge in [0, 0.05) is 12.0 Å². The second-order valence-electron chi connectivity index (χ2n) is 14.2. The topological polar surface area (TPSA) is 120 Å². The molecular formula is C34H48N4O6. The van der Waals surface area contributed by atoms with Gasteiger partial charge in [-0.15, -0.1) is 0 Å². The van der Waals surface area contributed by atoms with E-state index in [0.717, 1.165) is 49.7 Å². The molecule has 1 aromatic carbocycles. The fraction of sp³-hybridized carbons (Fsp3) is 0.676. The molecule has 2 fully saturated rings. The van der Waals surface area contributed by atoms with Gasteiger partial charge < -0.3 is 24.4 Å². The molecule has 1 aliphatic carbocycles. The standard InChI is InChI=1S/C34H48N4O6/c1-19-15-22-11-9-8-10-12-25-31(36-26-17-23(42-7)13-14-24(26)35-25)43-28-18-38(29(20(28)2)21(3)39)32(40)30(34(4,5)6)37-33(41)44-27(22)16-19/h13-14,17,19-20,22,27-30H,8-12,15-16,18H2,1-7H3,(H,37,41)/t19-,20-,22-,27-,28+,29+,30-/m1/s1. The highest BCUT2D eigenvalue weighted by Crippen LogP contribution is 2.38. The lowest BCUT2D eigenvalue weighted by atomic mass is 9.85. The Kier molecular flexibility index (Phi) is 9.37. The lowest BCUT2D eigenvalue weighted by Gasteiger charge is -2.35. The van der Waals surface area contributed by atoms with Gasteiger partial charge in [-0.3, -0.25) is 9.59 Å². The highest BCUT2D eigenvalue weighted by molar-refractivity contribution is 5.92. The number of rotatable bonds is 2. The molecule has 1 aromatic heterocycles. The van der Waals surface area contributed by atoms with Crippen molar-refractivity contribution < 1.29 is 28.6 Å². The minimum Gasteiger partial charge on any atom is -0.497 e. The summed E-state index contributed by atoms with van der Waals surface area (Å²) >= 11 is 0. The Morgan fingerprint density at radius 2 is 1.80 bits per heavy atom. The highest BCUT2D eigenvalue weighted by atomic mass is 16.6. The molecule has 2 bridgehead atoms. The summed E-state index contributed by atoms with van der Waals surface area (Å²) in [5.74, 6) is 1.11. The molecule has 240 valence electrons. The maximum atomic E-state index is 14.2. The number of nitrogens with zero attached hydrogens (tertiary/aromatic N) is 3. The average molecular weight is 609 g/mol. The summed E-state index contributed by atoms with van der Waals surface area (Å²) in [5.41, 5.74) is 1.56. The van der Waals surface area contributed by atoms with E-state index >= 15 is 0 Å². The Morgan fingerprint density at radius 1 is 1.02 bits per heavy atom. The largest absolute Gasteiger partial charge is 0.497 e. The summed E-state index contributed by atoms with van der Waals surface area (Å²) in [4.78, 5) is 51.9. The van der Waals surface area contributed by atoms with Gasteiger partial charge >= 0.3 is 6.09 Å². The molecule has 10 heteroatoms. The molecule has 10 nitrogen and oxygen atoms in total. The van der Waals surface area contributed by atoms with Crippen LogP contribution in [-0.4, -0.2) is 70.6 Å². The summed E-state index contributed by atoms with van der Waals surface area (Å²) in [6, 6.07) is 4.02. The molecule has 2 aliphatic heterocycles. The van der Waals surface area contributed by atoms with Crippen LogP contribution < -0.4 is 14.8 Å². The third-order valence-electron chi connectivity index (χ3n) is 9.65. The van der Waals surface area contributed by atoms with E-state index in [-0.39, 0.29) is 36.2 Å². The number of carbonyl (C=O) groups excluding carboxylic acids is 3. The van der Waals surface area contributed by atoms with Gasteiger partial charge in [0.2, 0.25) is 11.8 Å². The number of nitrogens with one attached hydrogen (secondary N) is 1. The van der Waals surface area contributed by atoms with Crippen molar-refractivity contribution in [1.82, 2.24) is 20.2 Å². The Hall–Kier alpha value is -3.43. The van der Waals surface area contributed by atoms with Crippen molar-refractivity contribution in [3.63, 3.8) is 0 Å². The monoisotopic (exact) mass is 608 g/mol. The molecule has 0 spiro atoms. The lowest BCUT2D eigenvalue weighted by Crippen LogP contribution is -2.57. The van der Waals surface area contributed by atoms with Crippen LogP contribution in [0.4, 0.5) is 4.79 Å². The maximum Gasteiger partial charge on any atom is 0.408 e.